The van der Waals surface area contributed by atoms with Crippen molar-refractivity contribution < 1.29 is 4.79 Å². The number of para-hydroxylation sites is 1. The van der Waals surface area contributed by atoms with E-state index >= 15 is 0 Å². The predicted octanol–water partition coefficient (Wildman–Crippen LogP) is 1.87. The summed E-state index contributed by atoms with van der Waals surface area (Å²) in [6.07, 6.45) is 0. The number of nitrogens with zero attached hydrogens (tertiary/aromatic N) is 2. The molecule has 1 aromatic carbocycles. The first-order chi connectivity index (χ1) is 10.5. The van der Waals surface area contributed by atoms with Crippen molar-refractivity contribution in [1.82, 2.24) is 10.4 Å². The number of hydrazone groups is 1. The number of nitrogens with two attached hydrogens (primary N) is 2. The summed E-state index contributed by atoms with van der Waals surface area (Å²) in [6.45, 7) is 3.38. The van der Waals surface area contributed by atoms with E-state index in [0.29, 0.717) is 17.1 Å². The molecule has 2 rings (SSSR count). The van der Waals surface area contributed by atoms with Gasteiger partial charge in [0.05, 0.1) is 16.9 Å². The number of fused-ring (bicyclic) bond motifs is 1. The second kappa shape index (κ2) is 7.06. The summed E-state index contributed by atoms with van der Waals surface area (Å²) in [5.41, 5.74) is 10.5. The lowest BCUT2D eigenvalue weighted by Gasteiger charge is -2.06. The Bertz CT molecular complexity index is 765. The lowest BCUT2D eigenvalue weighted by molar-refractivity contribution is -0.116. The lowest BCUT2D eigenvalue weighted by atomic mass is 10.2. The molecule has 114 valence electrons. The standard InChI is InChI=1S/C15H17N5OS/c1-9(16)14(22-17)15(21)20-19-10(2)12-8-7-11-5-3-4-6-13(11)18-12/h3-8H,16-17H2,1-2H3,(H,20,21)/b14-9-,19-10+. The highest BCUT2D eigenvalue weighted by Gasteiger charge is 2.11. The third kappa shape index (κ3) is 3.63. The molecule has 6 nitrogen and oxygen atoms in total. The molecule has 2 aromatic rings. The fourth-order valence-electron chi connectivity index (χ4n) is 1.84. The monoisotopic (exact) mass is 315 g/mol. The van der Waals surface area contributed by atoms with Crippen molar-refractivity contribution in [3.05, 3.63) is 52.7 Å². The Morgan fingerprint density at radius 1 is 1.23 bits per heavy atom. The summed E-state index contributed by atoms with van der Waals surface area (Å²) >= 11 is 0.793. The number of amides is 1. The molecule has 0 saturated carbocycles. The third-order valence-corrected chi connectivity index (χ3v) is 3.72. The van der Waals surface area contributed by atoms with Crippen LogP contribution in [-0.2, 0) is 4.79 Å². The molecule has 1 aromatic heterocycles. The van der Waals surface area contributed by atoms with E-state index in [9.17, 15) is 4.79 Å². The number of carbonyl (C=O) groups excluding carboxylic acids is 1. The number of benzene rings is 1. The third-order valence-electron chi connectivity index (χ3n) is 2.98. The Hall–Kier alpha value is -2.38. The van der Waals surface area contributed by atoms with Gasteiger partial charge in [0.25, 0.3) is 5.91 Å². The van der Waals surface area contributed by atoms with E-state index < -0.39 is 5.91 Å². The molecule has 0 atom stereocenters. The van der Waals surface area contributed by atoms with Crippen molar-refractivity contribution in [2.75, 3.05) is 0 Å². The number of hydrogen-bond acceptors (Lipinski definition) is 6. The summed E-state index contributed by atoms with van der Waals surface area (Å²) < 4.78 is 0. The first-order valence-corrected chi connectivity index (χ1v) is 7.44. The summed E-state index contributed by atoms with van der Waals surface area (Å²) in [5, 5.41) is 10.5. The number of allylic oxidation sites excluding steroid dienone is 1. The van der Waals surface area contributed by atoms with Crippen LogP contribution in [0.2, 0.25) is 0 Å². The highest BCUT2D eigenvalue weighted by Crippen LogP contribution is 2.13. The van der Waals surface area contributed by atoms with Gasteiger partial charge in [-0.15, -0.1) is 0 Å². The number of hydrogen-bond donors (Lipinski definition) is 3. The smallest absolute Gasteiger partial charge is 0.280 e. The average molecular weight is 315 g/mol. The van der Waals surface area contributed by atoms with Crippen LogP contribution >= 0.6 is 11.9 Å². The number of rotatable bonds is 4. The molecule has 1 heterocycles. The molecular weight excluding hydrogens is 298 g/mol. The van der Waals surface area contributed by atoms with E-state index in [1.54, 1.807) is 13.8 Å². The van der Waals surface area contributed by atoms with Crippen molar-refractivity contribution in [2.24, 2.45) is 16.0 Å². The molecule has 0 radical (unpaired) electrons. The number of carbonyl (C=O) groups is 1. The van der Waals surface area contributed by atoms with E-state index in [4.69, 9.17) is 10.9 Å². The van der Waals surface area contributed by atoms with Crippen LogP contribution in [0, 0.1) is 0 Å². The maximum atomic E-state index is 11.9. The highest BCUT2D eigenvalue weighted by atomic mass is 32.2. The van der Waals surface area contributed by atoms with E-state index in [1.165, 1.54) is 0 Å². The first kappa shape index (κ1) is 16.0. The van der Waals surface area contributed by atoms with Gasteiger partial charge in [0, 0.05) is 11.1 Å². The van der Waals surface area contributed by atoms with Crippen LogP contribution in [0.5, 0.6) is 0 Å². The van der Waals surface area contributed by atoms with Crippen LogP contribution < -0.4 is 16.3 Å². The van der Waals surface area contributed by atoms with Gasteiger partial charge in [0.15, 0.2) is 0 Å². The molecule has 1 amide bonds. The zero-order chi connectivity index (χ0) is 16.1. The van der Waals surface area contributed by atoms with Gasteiger partial charge in [-0.3, -0.25) is 9.93 Å². The Balaban J connectivity index is 2.20. The van der Waals surface area contributed by atoms with Gasteiger partial charge in [-0.25, -0.2) is 10.4 Å². The second-order valence-corrected chi connectivity index (χ2v) is 5.30. The molecule has 0 saturated heterocycles. The minimum atomic E-state index is -0.437. The van der Waals surface area contributed by atoms with Crippen molar-refractivity contribution >= 4 is 34.5 Å². The van der Waals surface area contributed by atoms with Crippen molar-refractivity contribution in [2.45, 2.75) is 13.8 Å². The Labute approximate surface area is 132 Å². The van der Waals surface area contributed by atoms with Crippen LogP contribution in [-0.4, -0.2) is 16.6 Å². The van der Waals surface area contributed by atoms with Crippen LogP contribution in [0.1, 0.15) is 19.5 Å². The zero-order valence-electron chi connectivity index (χ0n) is 12.3. The van der Waals surface area contributed by atoms with Gasteiger partial charge in [-0.2, -0.15) is 5.10 Å². The van der Waals surface area contributed by atoms with Gasteiger partial charge in [-0.05, 0) is 37.9 Å². The lowest BCUT2D eigenvalue weighted by Crippen LogP contribution is -2.23. The second-order valence-electron chi connectivity index (χ2n) is 4.66. The van der Waals surface area contributed by atoms with Crippen molar-refractivity contribution in [1.29, 1.82) is 0 Å². The van der Waals surface area contributed by atoms with Gasteiger partial charge >= 0.3 is 0 Å². The fourth-order valence-corrected chi connectivity index (χ4v) is 2.17. The topological polar surface area (TPSA) is 106 Å². The summed E-state index contributed by atoms with van der Waals surface area (Å²) in [4.78, 5) is 16.6. The molecule has 0 bridgehead atoms. The van der Waals surface area contributed by atoms with E-state index in [2.05, 4.69) is 15.5 Å². The van der Waals surface area contributed by atoms with E-state index in [0.717, 1.165) is 22.9 Å². The van der Waals surface area contributed by atoms with Crippen LogP contribution in [0.15, 0.2) is 52.1 Å². The maximum absolute atomic E-state index is 11.9. The van der Waals surface area contributed by atoms with Crippen LogP contribution in [0.25, 0.3) is 10.9 Å². The minimum absolute atomic E-state index is 0.239. The molecule has 0 aliphatic heterocycles. The van der Waals surface area contributed by atoms with Crippen LogP contribution in [0.4, 0.5) is 0 Å². The molecule has 0 aliphatic rings. The van der Waals surface area contributed by atoms with Crippen molar-refractivity contribution in [3.63, 3.8) is 0 Å². The molecule has 0 spiro atoms. The van der Waals surface area contributed by atoms with E-state index in [1.807, 2.05) is 36.4 Å². The summed E-state index contributed by atoms with van der Waals surface area (Å²) in [5.74, 6) is -0.437. The molecule has 5 N–H and O–H groups in total. The Morgan fingerprint density at radius 2 is 1.95 bits per heavy atom. The van der Waals surface area contributed by atoms with Gasteiger partial charge in [0.1, 0.15) is 4.91 Å². The molecule has 7 heteroatoms. The highest BCUT2D eigenvalue weighted by molar-refractivity contribution is 8.01. The average Bonchev–Trinajstić information content (AvgIpc) is 2.52. The number of pyridine rings is 1. The predicted molar refractivity (Wildman–Crippen MR) is 90.8 cm³/mol. The quantitative estimate of drug-likeness (QED) is 0.346. The number of nitrogens with one attached hydrogen (secondary N) is 1. The van der Waals surface area contributed by atoms with Gasteiger partial charge < -0.3 is 5.73 Å². The maximum Gasteiger partial charge on any atom is 0.280 e. The largest absolute Gasteiger partial charge is 0.401 e. The van der Waals surface area contributed by atoms with Gasteiger partial charge in [-0.1, -0.05) is 24.3 Å². The zero-order valence-corrected chi connectivity index (χ0v) is 13.1. The molecule has 0 unspecified atom stereocenters. The van der Waals surface area contributed by atoms with Gasteiger partial charge in [0.2, 0.25) is 0 Å². The first-order valence-electron chi connectivity index (χ1n) is 6.57. The summed E-state index contributed by atoms with van der Waals surface area (Å²) in [6, 6.07) is 11.6. The number of aromatic nitrogens is 1. The fraction of sp³-hybridized carbons (Fsp3) is 0.133. The Kier molecular flexibility index (Phi) is 5.13. The van der Waals surface area contributed by atoms with Crippen LogP contribution in [0.3, 0.4) is 0 Å². The SMILES string of the molecule is C/C(N)=C(/SN)C(=O)N/N=C(\C)c1ccc2ccccc2n1. The molecular formula is C15H17N5OS. The van der Waals surface area contributed by atoms with E-state index in [-0.39, 0.29) is 4.91 Å². The molecule has 22 heavy (non-hydrogen) atoms. The molecule has 0 fully saturated rings. The normalized spacial score (nSPS) is 13.0. The minimum Gasteiger partial charge on any atom is -0.401 e. The van der Waals surface area contributed by atoms with Crippen molar-refractivity contribution in [3.8, 4) is 0 Å². The Morgan fingerprint density at radius 3 is 2.64 bits per heavy atom. The molecule has 0 aliphatic carbocycles. The summed E-state index contributed by atoms with van der Waals surface area (Å²) in [7, 11) is 0.